The Morgan fingerprint density at radius 2 is 2.00 bits per heavy atom. The van der Waals surface area contributed by atoms with Crippen LogP contribution in [0.15, 0.2) is 0 Å². The first-order chi connectivity index (χ1) is 8.15. The van der Waals surface area contributed by atoms with Crippen molar-refractivity contribution in [1.82, 2.24) is 10.2 Å². The Balaban J connectivity index is 2.09. The lowest BCUT2D eigenvalue weighted by atomic mass is 9.72. The summed E-state index contributed by atoms with van der Waals surface area (Å²) in [7, 11) is 1.87. The molecule has 1 aliphatic carbocycles. The average Bonchev–Trinajstić information content (AvgIpc) is 2.38. The van der Waals surface area contributed by atoms with Crippen LogP contribution >= 0.6 is 0 Å². The summed E-state index contributed by atoms with van der Waals surface area (Å²) in [6, 6.07) is 0.488. The number of nitrogens with zero attached hydrogens (tertiary/aromatic N) is 1. The number of hydrogen-bond donors (Lipinski definition) is 1. The van der Waals surface area contributed by atoms with Crippen molar-refractivity contribution in [2.24, 2.45) is 11.8 Å². The van der Waals surface area contributed by atoms with E-state index in [9.17, 15) is 4.79 Å². The SMILES string of the molecule is CNC(C)C(=O)N1CCC(C)C2CCCCC21. The van der Waals surface area contributed by atoms with Crippen molar-refractivity contribution in [2.45, 2.75) is 58.0 Å². The minimum atomic E-state index is -0.0361. The predicted molar refractivity (Wildman–Crippen MR) is 69.8 cm³/mol. The molecule has 0 bridgehead atoms. The maximum atomic E-state index is 12.4. The molecule has 0 spiro atoms. The van der Waals surface area contributed by atoms with Gasteiger partial charge in [0.1, 0.15) is 0 Å². The van der Waals surface area contributed by atoms with E-state index in [0.29, 0.717) is 11.9 Å². The topological polar surface area (TPSA) is 32.3 Å². The Morgan fingerprint density at radius 1 is 1.29 bits per heavy atom. The van der Waals surface area contributed by atoms with E-state index in [1.807, 2.05) is 14.0 Å². The van der Waals surface area contributed by atoms with Gasteiger partial charge in [-0.1, -0.05) is 19.8 Å². The second kappa shape index (κ2) is 5.38. The molecule has 1 heterocycles. The van der Waals surface area contributed by atoms with Crippen molar-refractivity contribution in [3.05, 3.63) is 0 Å². The van der Waals surface area contributed by atoms with E-state index < -0.39 is 0 Å². The third-order valence-corrected chi connectivity index (χ3v) is 4.82. The van der Waals surface area contributed by atoms with Gasteiger partial charge < -0.3 is 10.2 Å². The Labute approximate surface area is 105 Å². The van der Waals surface area contributed by atoms with Crippen LogP contribution in [0.4, 0.5) is 0 Å². The molecule has 1 aliphatic heterocycles. The van der Waals surface area contributed by atoms with Crippen LogP contribution < -0.4 is 5.32 Å². The summed E-state index contributed by atoms with van der Waals surface area (Å²) < 4.78 is 0. The van der Waals surface area contributed by atoms with E-state index >= 15 is 0 Å². The number of carbonyl (C=O) groups excluding carboxylic acids is 1. The van der Waals surface area contributed by atoms with Crippen molar-refractivity contribution in [3.63, 3.8) is 0 Å². The first-order valence-corrected chi connectivity index (χ1v) is 7.13. The number of piperidine rings is 1. The zero-order chi connectivity index (χ0) is 12.4. The van der Waals surface area contributed by atoms with Gasteiger partial charge in [-0.25, -0.2) is 0 Å². The highest BCUT2D eigenvalue weighted by Gasteiger charge is 2.39. The predicted octanol–water partition coefficient (Wildman–Crippen LogP) is 2.02. The second-order valence-corrected chi connectivity index (χ2v) is 5.82. The van der Waals surface area contributed by atoms with Crippen molar-refractivity contribution in [3.8, 4) is 0 Å². The van der Waals surface area contributed by atoms with Crippen LogP contribution in [0.25, 0.3) is 0 Å². The maximum absolute atomic E-state index is 12.4. The fraction of sp³-hybridized carbons (Fsp3) is 0.929. The molecule has 4 unspecified atom stereocenters. The van der Waals surface area contributed by atoms with Crippen molar-refractivity contribution >= 4 is 5.91 Å². The molecular formula is C14H26N2O. The molecule has 0 aromatic rings. The van der Waals surface area contributed by atoms with E-state index in [1.165, 1.54) is 32.1 Å². The molecule has 2 aliphatic rings. The molecule has 3 nitrogen and oxygen atoms in total. The van der Waals surface area contributed by atoms with Gasteiger partial charge in [0, 0.05) is 12.6 Å². The number of fused-ring (bicyclic) bond motifs is 1. The van der Waals surface area contributed by atoms with E-state index in [1.54, 1.807) is 0 Å². The van der Waals surface area contributed by atoms with E-state index in [-0.39, 0.29) is 6.04 Å². The number of likely N-dealkylation sites (N-methyl/N-ethyl adjacent to an activating group) is 1. The summed E-state index contributed by atoms with van der Waals surface area (Å²) in [5, 5.41) is 3.08. The van der Waals surface area contributed by atoms with Crippen LogP contribution in [-0.2, 0) is 4.79 Å². The number of amides is 1. The lowest BCUT2D eigenvalue weighted by Crippen LogP contribution is -2.56. The molecule has 2 rings (SSSR count). The van der Waals surface area contributed by atoms with Gasteiger partial charge in [-0.15, -0.1) is 0 Å². The molecule has 0 aromatic carbocycles. The van der Waals surface area contributed by atoms with Crippen LogP contribution in [0.5, 0.6) is 0 Å². The molecule has 98 valence electrons. The summed E-state index contributed by atoms with van der Waals surface area (Å²) in [6.45, 7) is 5.30. The summed E-state index contributed by atoms with van der Waals surface area (Å²) in [5.41, 5.74) is 0. The number of hydrogen-bond acceptors (Lipinski definition) is 2. The van der Waals surface area contributed by atoms with Gasteiger partial charge in [-0.3, -0.25) is 4.79 Å². The van der Waals surface area contributed by atoms with Crippen LogP contribution in [-0.4, -0.2) is 36.5 Å². The fourth-order valence-electron chi connectivity index (χ4n) is 3.56. The van der Waals surface area contributed by atoms with Gasteiger partial charge in [0.2, 0.25) is 5.91 Å². The highest BCUT2D eigenvalue weighted by molar-refractivity contribution is 5.81. The lowest BCUT2D eigenvalue weighted by Gasteiger charge is -2.48. The first kappa shape index (κ1) is 12.9. The normalized spacial score (nSPS) is 35.2. The molecule has 1 N–H and O–H groups in total. The maximum Gasteiger partial charge on any atom is 0.239 e. The van der Waals surface area contributed by atoms with Crippen molar-refractivity contribution in [2.75, 3.05) is 13.6 Å². The Hall–Kier alpha value is -0.570. The summed E-state index contributed by atoms with van der Waals surface area (Å²) in [4.78, 5) is 14.5. The minimum absolute atomic E-state index is 0.0361. The molecule has 17 heavy (non-hydrogen) atoms. The minimum Gasteiger partial charge on any atom is -0.338 e. The van der Waals surface area contributed by atoms with Gasteiger partial charge in [-0.2, -0.15) is 0 Å². The smallest absolute Gasteiger partial charge is 0.239 e. The Bertz CT molecular complexity index is 279. The largest absolute Gasteiger partial charge is 0.338 e. The van der Waals surface area contributed by atoms with Crippen molar-refractivity contribution < 1.29 is 4.79 Å². The van der Waals surface area contributed by atoms with Gasteiger partial charge in [0.15, 0.2) is 0 Å². The van der Waals surface area contributed by atoms with E-state index in [4.69, 9.17) is 0 Å². The monoisotopic (exact) mass is 238 g/mol. The third kappa shape index (κ3) is 2.49. The van der Waals surface area contributed by atoms with Crippen LogP contribution in [0, 0.1) is 11.8 Å². The number of nitrogens with one attached hydrogen (secondary N) is 1. The molecule has 0 radical (unpaired) electrons. The summed E-state index contributed by atoms with van der Waals surface area (Å²) >= 11 is 0. The highest BCUT2D eigenvalue weighted by atomic mass is 16.2. The van der Waals surface area contributed by atoms with Crippen LogP contribution in [0.3, 0.4) is 0 Å². The second-order valence-electron chi connectivity index (χ2n) is 5.82. The molecule has 1 saturated carbocycles. The third-order valence-electron chi connectivity index (χ3n) is 4.82. The molecule has 1 amide bonds. The fourth-order valence-corrected chi connectivity index (χ4v) is 3.56. The molecule has 1 saturated heterocycles. The molecule has 4 atom stereocenters. The quantitative estimate of drug-likeness (QED) is 0.798. The van der Waals surface area contributed by atoms with Gasteiger partial charge in [0.05, 0.1) is 6.04 Å². The standard InChI is InChI=1S/C14H26N2O/c1-10-8-9-16(14(17)11(2)15-3)13-7-5-4-6-12(10)13/h10-13,15H,4-9H2,1-3H3. The Kier molecular flexibility index (Phi) is 4.08. The van der Waals surface area contributed by atoms with E-state index in [0.717, 1.165) is 18.4 Å². The number of rotatable bonds is 2. The van der Waals surface area contributed by atoms with Gasteiger partial charge in [0.25, 0.3) is 0 Å². The number of carbonyl (C=O) groups is 1. The molecule has 0 aromatic heterocycles. The molecule has 2 fully saturated rings. The highest BCUT2D eigenvalue weighted by Crippen LogP contribution is 2.38. The van der Waals surface area contributed by atoms with Crippen LogP contribution in [0.2, 0.25) is 0 Å². The summed E-state index contributed by atoms with van der Waals surface area (Å²) in [6.07, 6.45) is 6.38. The number of likely N-dealkylation sites (tertiary alicyclic amines) is 1. The van der Waals surface area contributed by atoms with E-state index in [2.05, 4.69) is 17.1 Å². The van der Waals surface area contributed by atoms with Gasteiger partial charge >= 0.3 is 0 Å². The average molecular weight is 238 g/mol. The van der Waals surface area contributed by atoms with Crippen molar-refractivity contribution in [1.29, 1.82) is 0 Å². The molecule has 3 heteroatoms. The Morgan fingerprint density at radius 3 is 2.71 bits per heavy atom. The van der Waals surface area contributed by atoms with Crippen LogP contribution in [0.1, 0.15) is 46.0 Å². The zero-order valence-corrected chi connectivity index (χ0v) is 11.4. The zero-order valence-electron chi connectivity index (χ0n) is 11.4. The summed E-state index contributed by atoms with van der Waals surface area (Å²) in [5.74, 6) is 1.86. The first-order valence-electron chi connectivity index (χ1n) is 7.13. The van der Waals surface area contributed by atoms with Gasteiger partial charge in [-0.05, 0) is 45.1 Å². The molecular weight excluding hydrogens is 212 g/mol. The lowest BCUT2D eigenvalue weighted by molar-refractivity contribution is -0.140.